The minimum absolute atomic E-state index is 0.0939. The summed E-state index contributed by atoms with van der Waals surface area (Å²) in [6, 6.07) is 7.82. The number of anilines is 1. The van der Waals surface area contributed by atoms with E-state index in [1.54, 1.807) is 24.5 Å². The molecule has 5 rings (SSSR count). The first-order valence-corrected chi connectivity index (χ1v) is 13.7. The van der Waals surface area contributed by atoms with Gasteiger partial charge in [-0.15, -0.1) is 0 Å². The zero-order valence-corrected chi connectivity index (χ0v) is 22.5. The Hall–Kier alpha value is -3.66. The second kappa shape index (κ2) is 12.2. The normalized spacial score (nSPS) is 15.0. The summed E-state index contributed by atoms with van der Waals surface area (Å²) in [6.45, 7) is 0.276. The van der Waals surface area contributed by atoms with Crippen LogP contribution in [-0.2, 0) is 23.9 Å². The van der Waals surface area contributed by atoms with Crippen molar-refractivity contribution in [1.82, 2.24) is 19.5 Å². The van der Waals surface area contributed by atoms with Crippen LogP contribution in [0.15, 0.2) is 55.1 Å². The monoisotopic (exact) mass is 571 g/mol. The highest BCUT2D eigenvalue weighted by Gasteiger charge is 2.32. The maximum absolute atomic E-state index is 13.2. The van der Waals surface area contributed by atoms with E-state index in [0.29, 0.717) is 28.5 Å². The quantitative estimate of drug-likeness (QED) is 0.254. The molecule has 1 saturated carbocycles. The van der Waals surface area contributed by atoms with E-state index in [-0.39, 0.29) is 12.6 Å². The predicted molar refractivity (Wildman–Crippen MR) is 146 cm³/mol. The SMILES string of the molecule is O=C(OC1CCCCCCC1)n1cc(Cc2ccc(NCc3ccc(C(F)(F)F)nc3)nc2)c2cc(Cl)cnc21. The molecule has 0 unspecified atom stereocenters. The Bertz CT molecular complexity index is 1450. The largest absolute Gasteiger partial charge is 0.446 e. The first-order chi connectivity index (χ1) is 19.3. The Balaban J connectivity index is 1.27. The van der Waals surface area contributed by atoms with Crippen LogP contribution in [0.2, 0.25) is 5.02 Å². The zero-order valence-electron chi connectivity index (χ0n) is 21.8. The molecular weight excluding hydrogens is 543 g/mol. The minimum Gasteiger partial charge on any atom is -0.446 e. The van der Waals surface area contributed by atoms with Crippen molar-refractivity contribution < 1.29 is 22.7 Å². The van der Waals surface area contributed by atoms with Crippen LogP contribution in [0.4, 0.5) is 23.8 Å². The maximum Gasteiger partial charge on any atom is 0.433 e. The fourth-order valence-electron chi connectivity index (χ4n) is 4.91. The van der Waals surface area contributed by atoms with Crippen LogP contribution in [0.25, 0.3) is 11.0 Å². The van der Waals surface area contributed by atoms with E-state index in [4.69, 9.17) is 16.3 Å². The zero-order chi connectivity index (χ0) is 28.1. The first-order valence-electron chi connectivity index (χ1n) is 13.3. The van der Waals surface area contributed by atoms with Crippen molar-refractivity contribution in [2.45, 2.75) is 70.2 Å². The number of carbonyl (C=O) groups excluding carboxylic acids is 1. The Morgan fingerprint density at radius 1 is 0.975 bits per heavy atom. The molecule has 4 aromatic rings. The van der Waals surface area contributed by atoms with Gasteiger partial charge in [0.1, 0.15) is 23.3 Å². The number of nitrogens with zero attached hydrogens (tertiary/aromatic N) is 4. The van der Waals surface area contributed by atoms with Crippen LogP contribution in [0.1, 0.15) is 67.3 Å². The molecule has 7 nitrogen and oxygen atoms in total. The molecule has 0 aromatic carbocycles. The molecule has 210 valence electrons. The Labute approximate surface area is 234 Å². The molecule has 0 bridgehead atoms. The van der Waals surface area contributed by atoms with Crippen LogP contribution >= 0.6 is 11.6 Å². The van der Waals surface area contributed by atoms with E-state index in [1.807, 2.05) is 6.07 Å². The van der Waals surface area contributed by atoms with Crippen molar-refractivity contribution in [2.24, 2.45) is 0 Å². The molecule has 0 saturated heterocycles. The van der Waals surface area contributed by atoms with Crippen molar-refractivity contribution in [3.05, 3.63) is 82.5 Å². The average Bonchev–Trinajstić information content (AvgIpc) is 3.27. The molecule has 4 aromatic heterocycles. The number of pyridine rings is 3. The third-order valence-electron chi connectivity index (χ3n) is 7.02. The number of halogens is 4. The van der Waals surface area contributed by atoms with Crippen molar-refractivity contribution in [3.8, 4) is 0 Å². The number of nitrogens with one attached hydrogen (secondary N) is 1. The summed E-state index contributed by atoms with van der Waals surface area (Å²) in [4.78, 5) is 25.5. The molecule has 4 heterocycles. The molecule has 0 atom stereocenters. The first kappa shape index (κ1) is 27.9. The van der Waals surface area contributed by atoms with Gasteiger partial charge in [0.2, 0.25) is 0 Å². The molecule has 1 aliphatic rings. The predicted octanol–water partition coefficient (Wildman–Crippen LogP) is 7.80. The number of hydrogen-bond acceptors (Lipinski definition) is 6. The number of hydrogen-bond donors (Lipinski definition) is 1. The molecule has 1 fully saturated rings. The van der Waals surface area contributed by atoms with Crippen molar-refractivity contribution in [3.63, 3.8) is 0 Å². The van der Waals surface area contributed by atoms with Gasteiger partial charge in [-0.2, -0.15) is 13.2 Å². The van der Waals surface area contributed by atoms with Crippen molar-refractivity contribution in [1.29, 1.82) is 0 Å². The van der Waals surface area contributed by atoms with Crippen LogP contribution in [0.5, 0.6) is 0 Å². The van der Waals surface area contributed by atoms with Gasteiger partial charge in [0.25, 0.3) is 0 Å². The lowest BCUT2D eigenvalue weighted by Crippen LogP contribution is -2.23. The lowest BCUT2D eigenvalue weighted by molar-refractivity contribution is -0.141. The summed E-state index contributed by atoms with van der Waals surface area (Å²) >= 11 is 6.24. The van der Waals surface area contributed by atoms with Crippen LogP contribution in [0, 0.1) is 0 Å². The van der Waals surface area contributed by atoms with Gasteiger partial charge in [-0.1, -0.05) is 43.0 Å². The minimum atomic E-state index is -4.47. The highest BCUT2D eigenvalue weighted by molar-refractivity contribution is 6.31. The van der Waals surface area contributed by atoms with Gasteiger partial charge in [0, 0.05) is 43.1 Å². The van der Waals surface area contributed by atoms with Gasteiger partial charge in [0.05, 0.1) is 5.02 Å². The summed E-state index contributed by atoms with van der Waals surface area (Å²) in [5.74, 6) is 0.568. The van der Waals surface area contributed by atoms with Crippen molar-refractivity contribution >= 4 is 34.5 Å². The Morgan fingerprint density at radius 3 is 2.38 bits per heavy atom. The standard InChI is InChI=1S/C29H29ClF3N5O2/c30-22-13-24-21(18-38(27(24)37-17-22)28(39)40-23-6-4-2-1-3-5-7-23)12-19-9-11-26(35-14-19)36-16-20-8-10-25(34-15-20)29(31,32)33/h8-11,13-15,17-18,23H,1-7,12,16H2,(H,35,36). The summed E-state index contributed by atoms with van der Waals surface area (Å²) in [5.41, 5.74) is 1.92. The molecule has 11 heteroatoms. The van der Waals surface area contributed by atoms with E-state index < -0.39 is 18.0 Å². The number of alkyl halides is 3. The lowest BCUT2D eigenvalue weighted by atomic mass is 9.99. The fraction of sp³-hybridized carbons (Fsp3) is 0.379. The van der Waals surface area contributed by atoms with Crippen molar-refractivity contribution in [2.75, 3.05) is 5.32 Å². The Kier molecular flexibility index (Phi) is 8.54. The van der Waals surface area contributed by atoms with Gasteiger partial charge < -0.3 is 10.1 Å². The number of ether oxygens (including phenoxy) is 1. The molecule has 0 amide bonds. The Morgan fingerprint density at radius 2 is 1.70 bits per heavy atom. The molecule has 1 N–H and O–H groups in total. The van der Waals surface area contributed by atoms with E-state index in [9.17, 15) is 18.0 Å². The topological polar surface area (TPSA) is 81.9 Å². The molecule has 40 heavy (non-hydrogen) atoms. The van der Waals surface area contributed by atoms with E-state index in [0.717, 1.165) is 48.3 Å². The molecule has 1 aliphatic carbocycles. The van der Waals surface area contributed by atoms with E-state index in [2.05, 4.69) is 20.3 Å². The van der Waals surface area contributed by atoms with Gasteiger partial charge in [-0.05, 0) is 60.6 Å². The number of fused-ring (bicyclic) bond motifs is 1. The molecular formula is C29H29ClF3N5O2. The van der Waals surface area contributed by atoms with E-state index >= 15 is 0 Å². The van der Waals surface area contributed by atoms with Crippen LogP contribution in [-0.4, -0.2) is 31.7 Å². The molecule has 0 spiro atoms. The third-order valence-corrected chi connectivity index (χ3v) is 7.22. The van der Waals surface area contributed by atoms with E-state index in [1.165, 1.54) is 42.3 Å². The number of rotatable bonds is 6. The second-order valence-corrected chi connectivity index (χ2v) is 10.5. The fourth-order valence-corrected chi connectivity index (χ4v) is 5.06. The molecule has 0 radical (unpaired) electrons. The lowest BCUT2D eigenvalue weighted by Gasteiger charge is -2.20. The summed E-state index contributed by atoms with van der Waals surface area (Å²) in [6.07, 6.45) is 9.09. The third kappa shape index (κ3) is 6.91. The second-order valence-electron chi connectivity index (χ2n) is 10.0. The number of aromatic nitrogens is 4. The van der Waals surface area contributed by atoms with Gasteiger partial charge in [0.15, 0.2) is 0 Å². The average molecular weight is 572 g/mol. The summed E-state index contributed by atoms with van der Waals surface area (Å²) in [5, 5.41) is 4.32. The smallest absolute Gasteiger partial charge is 0.433 e. The summed E-state index contributed by atoms with van der Waals surface area (Å²) < 4.78 is 45.5. The molecule has 0 aliphatic heterocycles. The number of carbonyl (C=O) groups is 1. The van der Waals surface area contributed by atoms with Gasteiger partial charge in [-0.3, -0.25) is 4.98 Å². The maximum atomic E-state index is 13.2. The highest BCUT2D eigenvalue weighted by atomic mass is 35.5. The van der Waals surface area contributed by atoms with Gasteiger partial charge in [-0.25, -0.2) is 19.3 Å². The van der Waals surface area contributed by atoms with Crippen LogP contribution < -0.4 is 5.32 Å². The highest BCUT2D eigenvalue weighted by Crippen LogP contribution is 2.28. The van der Waals surface area contributed by atoms with Gasteiger partial charge >= 0.3 is 12.3 Å². The summed E-state index contributed by atoms with van der Waals surface area (Å²) in [7, 11) is 0. The van der Waals surface area contributed by atoms with Crippen LogP contribution in [0.3, 0.4) is 0 Å².